The third kappa shape index (κ3) is 6.28. The number of hydrogen-bond donors (Lipinski definition) is 1. The van der Waals surface area contributed by atoms with E-state index in [9.17, 15) is 13.2 Å². The summed E-state index contributed by atoms with van der Waals surface area (Å²) in [5.74, 6) is 0.239. The molecule has 0 saturated carbocycles. The van der Waals surface area contributed by atoms with Crippen molar-refractivity contribution in [3.05, 3.63) is 82.9 Å². The van der Waals surface area contributed by atoms with Crippen molar-refractivity contribution >= 4 is 33.2 Å². The standard InChI is InChI=1S/C25H27ClN2O5S/c1-18-15-20(26)9-11-22(18)27-25(29)17-28(14-13-19-7-5-4-6-8-19)34(30,31)21-10-12-23(32-2)24(16-21)33-3/h4-12,15-16H,13-14,17H2,1-3H3,(H,27,29). The number of halogens is 1. The monoisotopic (exact) mass is 502 g/mol. The molecule has 0 spiro atoms. The number of ether oxygens (including phenoxy) is 2. The average molecular weight is 503 g/mol. The second-order valence-corrected chi connectivity index (χ2v) is 9.97. The zero-order valence-electron chi connectivity index (χ0n) is 19.2. The van der Waals surface area contributed by atoms with Gasteiger partial charge in [0, 0.05) is 23.3 Å². The predicted molar refractivity (Wildman–Crippen MR) is 133 cm³/mol. The summed E-state index contributed by atoms with van der Waals surface area (Å²) in [6.07, 6.45) is 0.445. The molecule has 3 rings (SSSR count). The molecule has 0 radical (unpaired) electrons. The first-order valence-corrected chi connectivity index (χ1v) is 12.4. The molecule has 9 heteroatoms. The highest BCUT2D eigenvalue weighted by molar-refractivity contribution is 7.89. The summed E-state index contributed by atoms with van der Waals surface area (Å²) in [4.78, 5) is 12.9. The highest BCUT2D eigenvalue weighted by Gasteiger charge is 2.28. The van der Waals surface area contributed by atoms with Crippen LogP contribution in [0.3, 0.4) is 0 Å². The Hall–Kier alpha value is -3.07. The minimum atomic E-state index is -4.02. The summed E-state index contributed by atoms with van der Waals surface area (Å²) in [5, 5.41) is 3.33. The van der Waals surface area contributed by atoms with Gasteiger partial charge < -0.3 is 14.8 Å². The van der Waals surface area contributed by atoms with Crippen molar-refractivity contribution in [1.29, 1.82) is 0 Å². The first-order valence-electron chi connectivity index (χ1n) is 10.6. The Morgan fingerprint density at radius 3 is 2.32 bits per heavy atom. The molecule has 34 heavy (non-hydrogen) atoms. The quantitative estimate of drug-likeness (QED) is 0.440. The van der Waals surface area contributed by atoms with Crippen molar-refractivity contribution in [1.82, 2.24) is 4.31 Å². The van der Waals surface area contributed by atoms with E-state index in [0.717, 1.165) is 11.1 Å². The lowest BCUT2D eigenvalue weighted by molar-refractivity contribution is -0.116. The number of nitrogens with one attached hydrogen (secondary N) is 1. The van der Waals surface area contributed by atoms with E-state index in [4.69, 9.17) is 21.1 Å². The van der Waals surface area contributed by atoms with E-state index in [0.29, 0.717) is 22.9 Å². The molecule has 0 atom stereocenters. The number of methoxy groups -OCH3 is 2. The predicted octanol–water partition coefficient (Wildman–Crippen LogP) is 4.54. The molecule has 1 amide bonds. The van der Waals surface area contributed by atoms with Gasteiger partial charge in [-0.05, 0) is 54.8 Å². The lowest BCUT2D eigenvalue weighted by atomic mass is 10.1. The van der Waals surface area contributed by atoms with Gasteiger partial charge in [0.05, 0.1) is 25.7 Å². The van der Waals surface area contributed by atoms with Crippen molar-refractivity contribution in [3.8, 4) is 11.5 Å². The molecule has 0 aliphatic heterocycles. The lowest BCUT2D eigenvalue weighted by Crippen LogP contribution is -2.39. The van der Waals surface area contributed by atoms with Crippen LogP contribution in [0.2, 0.25) is 5.02 Å². The van der Waals surface area contributed by atoms with Gasteiger partial charge in [0.15, 0.2) is 11.5 Å². The number of hydrogen-bond acceptors (Lipinski definition) is 5. The van der Waals surface area contributed by atoms with Crippen LogP contribution in [0.5, 0.6) is 11.5 Å². The second kappa shape index (κ2) is 11.4. The molecule has 180 valence electrons. The SMILES string of the molecule is COc1ccc(S(=O)(=O)N(CCc2ccccc2)CC(=O)Nc2ccc(Cl)cc2C)cc1OC. The number of carbonyl (C=O) groups is 1. The molecule has 0 aliphatic rings. The fraction of sp³-hybridized carbons (Fsp3) is 0.240. The van der Waals surface area contributed by atoms with Crippen molar-refractivity contribution in [2.75, 3.05) is 32.6 Å². The van der Waals surface area contributed by atoms with Crippen LogP contribution < -0.4 is 14.8 Å². The van der Waals surface area contributed by atoms with Crippen LogP contribution in [0.25, 0.3) is 0 Å². The molecule has 0 saturated heterocycles. The van der Waals surface area contributed by atoms with Crippen LogP contribution in [-0.2, 0) is 21.2 Å². The minimum absolute atomic E-state index is 0.00804. The van der Waals surface area contributed by atoms with E-state index in [-0.39, 0.29) is 23.7 Å². The minimum Gasteiger partial charge on any atom is -0.493 e. The normalized spacial score (nSPS) is 11.3. The third-order valence-corrected chi connectivity index (χ3v) is 7.34. The summed E-state index contributed by atoms with van der Waals surface area (Å²) in [7, 11) is -1.11. The van der Waals surface area contributed by atoms with Gasteiger partial charge in [-0.25, -0.2) is 8.42 Å². The number of amides is 1. The van der Waals surface area contributed by atoms with Crippen molar-refractivity contribution in [2.45, 2.75) is 18.2 Å². The van der Waals surface area contributed by atoms with E-state index in [1.807, 2.05) is 37.3 Å². The summed E-state index contributed by atoms with van der Waals surface area (Å²) < 4.78 is 38.8. The highest BCUT2D eigenvalue weighted by Crippen LogP contribution is 2.31. The number of sulfonamides is 1. The Labute approximate surface area is 205 Å². The zero-order chi connectivity index (χ0) is 24.7. The van der Waals surface area contributed by atoms with Crippen LogP contribution in [0.15, 0.2) is 71.6 Å². The maximum atomic E-state index is 13.6. The first-order chi connectivity index (χ1) is 16.2. The Balaban J connectivity index is 1.88. The molecule has 0 unspecified atom stereocenters. The van der Waals surface area contributed by atoms with Gasteiger partial charge in [-0.3, -0.25) is 4.79 Å². The maximum absolute atomic E-state index is 13.6. The Morgan fingerprint density at radius 2 is 1.68 bits per heavy atom. The summed E-state index contributed by atoms with van der Waals surface area (Å²) in [5.41, 5.74) is 2.31. The maximum Gasteiger partial charge on any atom is 0.243 e. The zero-order valence-corrected chi connectivity index (χ0v) is 20.8. The molecular weight excluding hydrogens is 476 g/mol. The number of carbonyl (C=O) groups excluding carboxylic acids is 1. The Morgan fingerprint density at radius 1 is 0.971 bits per heavy atom. The van der Waals surface area contributed by atoms with Crippen LogP contribution in [0.1, 0.15) is 11.1 Å². The Kier molecular flexibility index (Phi) is 8.55. The summed E-state index contributed by atoms with van der Waals surface area (Å²) in [6, 6.07) is 18.9. The third-order valence-electron chi connectivity index (χ3n) is 5.27. The van der Waals surface area contributed by atoms with Gasteiger partial charge in [0.2, 0.25) is 15.9 Å². The van der Waals surface area contributed by atoms with Crippen LogP contribution in [0, 0.1) is 6.92 Å². The van der Waals surface area contributed by atoms with Gasteiger partial charge in [-0.2, -0.15) is 4.31 Å². The van der Waals surface area contributed by atoms with E-state index < -0.39 is 15.9 Å². The number of benzene rings is 3. The van der Waals surface area contributed by atoms with E-state index in [1.165, 1.54) is 36.7 Å². The molecule has 3 aromatic carbocycles. The van der Waals surface area contributed by atoms with Gasteiger partial charge in [0.25, 0.3) is 0 Å². The lowest BCUT2D eigenvalue weighted by Gasteiger charge is -2.23. The number of nitrogens with zero attached hydrogens (tertiary/aromatic N) is 1. The molecule has 1 N–H and O–H groups in total. The number of aryl methyl sites for hydroxylation is 1. The van der Waals surface area contributed by atoms with Gasteiger partial charge in [0.1, 0.15) is 0 Å². The molecule has 0 aromatic heterocycles. The molecule has 3 aromatic rings. The topological polar surface area (TPSA) is 84.9 Å². The molecule has 0 aliphatic carbocycles. The van der Waals surface area contributed by atoms with E-state index >= 15 is 0 Å². The van der Waals surface area contributed by atoms with Crippen LogP contribution in [0.4, 0.5) is 5.69 Å². The second-order valence-electron chi connectivity index (χ2n) is 7.60. The molecule has 0 bridgehead atoms. The van der Waals surface area contributed by atoms with Crippen LogP contribution in [-0.4, -0.2) is 45.9 Å². The van der Waals surface area contributed by atoms with Gasteiger partial charge in [-0.1, -0.05) is 41.9 Å². The highest BCUT2D eigenvalue weighted by atomic mass is 35.5. The van der Waals surface area contributed by atoms with Crippen molar-refractivity contribution in [3.63, 3.8) is 0 Å². The largest absolute Gasteiger partial charge is 0.493 e. The molecule has 0 heterocycles. The number of rotatable bonds is 10. The molecule has 7 nitrogen and oxygen atoms in total. The van der Waals surface area contributed by atoms with Crippen molar-refractivity contribution in [2.24, 2.45) is 0 Å². The number of anilines is 1. The fourth-order valence-electron chi connectivity index (χ4n) is 3.43. The van der Waals surface area contributed by atoms with E-state index in [1.54, 1.807) is 18.2 Å². The van der Waals surface area contributed by atoms with Gasteiger partial charge in [-0.15, -0.1) is 0 Å². The van der Waals surface area contributed by atoms with Gasteiger partial charge >= 0.3 is 0 Å². The molecular formula is C25H27ClN2O5S. The van der Waals surface area contributed by atoms with Crippen LogP contribution >= 0.6 is 11.6 Å². The van der Waals surface area contributed by atoms with E-state index in [2.05, 4.69) is 5.32 Å². The smallest absolute Gasteiger partial charge is 0.243 e. The first kappa shape index (κ1) is 25.6. The molecule has 0 fully saturated rings. The summed E-state index contributed by atoms with van der Waals surface area (Å²) in [6.45, 7) is 1.58. The summed E-state index contributed by atoms with van der Waals surface area (Å²) >= 11 is 5.99. The van der Waals surface area contributed by atoms with Crippen molar-refractivity contribution < 1.29 is 22.7 Å². The average Bonchev–Trinajstić information content (AvgIpc) is 2.83. The Bertz CT molecular complexity index is 1250. The fourth-order valence-corrected chi connectivity index (χ4v) is 5.07.